The van der Waals surface area contributed by atoms with E-state index in [2.05, 4.69) is 46.7 Å². The van der Waals surface area contributed by atoms with Gasteiger partial charge < -0.3 is 9.26 Å². The van der Waals surface area contributed by atoms with Gasteiger partial charge in [0.2, 0.25) is 0 Å². The van der Waals surface area contributed by atoms with E-state index in [1.54, 1.807) is 19.2 Å². The molecular weight excluding hydrogens is 329 g/mol. The molecule has 0 N–H and O–H groups in total. The molecule has 0 spiro atoms. The van der Waals surface area contributed by atoms with Gasteiger partial charge in [-0.3, -0.25) is 0 Å². The highest BCUT2D eigenvalue weighted by molar-refractivity contribution is 5.65. The number of halogens is 1. The fraction of sp³-hybridized carbons (Fsp3) is 0.591. The van der Waals surface area contributed by atoms with Crippen LogP contribution in [0.25, 0.3) is 11.3 Å². The Labute approximate surface area is 155 Å². The number of benzene rings is 1. The Morgan fingerprint density at radius 2 is 1.88 bits per heavy atom. The third-order valence-corrected chi connectivity index (χ3v) is 6.96. The maximum absolute atomic E-state index is 14.5. The molecule has 1 atom stereocenters. The molecule has 1 aliphatic rings. The number of aryl methyl sites for hydroxylation is 1. The van der Waals surface area contributed by atoms with E-state index in [1.807, 2.05) is 0 Å². The van der Waals surface area contributed by atoms with E-state index in [-0.39, 0.29) is 11.7 Å². The lowest BCUT2D eigenvalue weighted by Crippen LogP contribution is -2.03. The van der Waals surface area contributed by atoms with Gasteiger partial charge in [0, 0.05) is 5.56 Å². The summed E-state index contributed by atoms with van der Waals surface area (Å²) in [6, 6.07) is 4.73. The normalized spacial score (nSPS) is 19.4. The molecule has 3 nitrogen and oxygen atoms in total. The summed E-state index contributed by atoms with van der Waals surface area (Å²) < 4.78 is 25.4. The number of hydrogen-bond acceptors (Lipinski definition) is 3. The fourth-order valence-corrected chi connectivity index (χ4v) is 4.49. The van der Waals surface area contributed by atoms with Crippen molar-refractivity contribution >= 4 is 0 Å². The summed E-state index contributed by atoms with van der Waals surface area (Å²) in [5, 5.41) is 4.25. The molecule has 0 bridgehead atoms. The summed E-state index contributed by atoms with van der Waals surface area (Å²) in [6.07, 6.45) is 1.82. The van der Waals surface area contributed by atoms with Crippen molar-refractivity contribution in [2.75, 3.05) is 7.11 Å². The van der Waals surface area contributed by atoms with Gasteiger partial charge in [-0.25, -0.2) is 4.39 Å². The smallest absolute Gasteiger partial charge is 0.173 e. The predicted molar refractivity (Wildman–Crippen MR) is 102 cm³/mol. The van der Waals surface area contributed by atoms with Crippen LogP contribution >= 0.6 is 0 Å². The second kappa shape index (κ2) is 6.40. The lowest BCUT2D eigenvalue weighted by molar-refractivity contribution is 0.409. The number of hydrogen-bond donors (Lipinski definition) is 0. The van der Waals surface area contributed by atoms with E-state index in [9.17, 15) is 4.39 Å². The third kappa shape index (κ3) is 2.83. The second-order valence-electron chi connectivity index (χ2n) is 8.70. The molecule has 0 aliphatic heterocycles. The summed E-state index contributed by atoms with van der Waals surface area (Å²) in [5.41, 5.74) is 3.04. The molecule has 2 aromatic rings. The van der Waals surface area contributed by atoms with E-state index in [1.165, 1.54) is 6.07 Å². The average molecular weight is 359 g/mol. The second-order valence-corrected chi connectivity index (χ2v) is 8.70. The topological polar surface area (TPSA) is 35.3 Å². The van der Waals surface area contributed by atoms with Crippen LogP contribution in [-0.2, 0) is 6.42 Å². The van der Waals surface area contributed by atoms with Crippen molar-refractivity contribution in [1.29, 1.82) is 0 Å². The van der Waals surface area contributed by atoms with Gasteiger partial charge in [0.25, 0.3) is 0 Å². The minimum atomic E-state index is -0.315. The van der Waals surface area contributed by atoms with Crippen molar-refractivity contribution in [3.05, 3.63) is 35.3 Å². The lowest BCUT2D eigenvalue weighted by atomic mass is 9.88. The highest BCUT2D eigenvalue weighted by Crippen LogP contribution is 2.70. The van der Waals surface area contributed by atoms with Gasteiger partial charge in [-0.1, -0.05) is 46.7 Å². The van der Waals surface area contributed by atoms with Crippen LogP contribution in [0, 0.1) is 22.6 Å². The van der Waals surface area contributed by atoms with E-state index >= 15 is 0 Å². The Morgan fingerprint density at radius 3 is 2.42 bits per heavy atom. The number of methoxy groups -OCH3 is 1. The Hall–Kier alpha value is -1.84. The minimum Gasteiger partial charge on any atom is -0.497 e. The first kappa shape index (κ1) is 18.9. The van der Waals surface area contributed by atoms with Crippen LogP contribution < -0.4 is 4.74 Å². The maximum atomic E-state index is 14.5. The number of rotatable bonds is 6. The standard InChI is InChI=1S/C22H30FNO2/c1-8-17-19(13(2)11-18-21(3,4)22(18,5)6)20(26-24-17)15-12-14(25-7)9-10-16(15)23/h9-10,12-13,18H,8,11H2,1-7H3. The van der Waals surface area contributed by atoms with Gasteiger partial charge in [-0.05, 0) is 53.7 Å². The van der Waals surface area contributed by atoms with Crippen LogP contribution in [0.15, 0.2) is 22.7 Å². The summed E-state index contributed by atoms with van der Waals surface area (Å²) in [7, 11) is 1.58. The molecule has 1 saturated carbocycles. The van der Waals surface area contributed by atoms with Gasteiger partial charge in [0.15, 0.2) is 5.76 Å². The SMILES string of the molecule is CCc1noc(-c2cc(OC)ccc2F)c1C(C)CC1C(C)(C)C1(C)C. The Balaban J connectivity index is 1.99. The van der Waals surface area contributed by atoms with Gasteiger partial charge >= 0.3 is 0 Å². The first-order chi connectivity index (χ1) is 12.1. The highest BCUT2D eigenvalue weighted by atomic mass is 19.1. The van der Waals surface area contributed by atoms with Gasteiger partial charge in [-0.15, -0.1) is 0 Å². The molecule has 0 amide bonds. The van der Waals surface area contributed by atoms with E-state index < -0.39 is 0 Å². The summed E-state index contributed by atoms with van der Waals surface area (Å²) in [5.74, 6) is 1.72. The zero-order valence-electron chi connectivity index (χ0n) is 16.9. The fourth-order valence-electron chi connectivity index (χ4n) is 4.49. The predicted octanol–water partition coefficient (Wildman–Crippen LogP) is 6.23. The van der Waals surface area contributed by atoms with Crippen molar-refractivity contribution in [3.63, 3.8) is 0 Å². The van der Waals surface area contributed by atoms with Crippen LogP contribution in [0.3, 0.4) is 0 Å². The van der Waals surface area contributed by atoms with Crippen molar-refractivity contribution < 1.29 is 13.7 Å². The monoisotopic (exact) mass is 359 g/mol. The zero-order chi connectivity index (χ0) is 19.3. The van der Waals surface area contributed by atoms with Crippen LogP contribution in [-0.4, -0.2) is 12.3 Å². The first-order valence-electron chi connectivity index (χ1n) is 9.47. The van der Waals surface area contributed by atoms with Crippen molar-refractivity contribution in [3.8, 4) is 17.1 Å². The van der Waals surface area contributed by atoms with Crippen LogP contribution in [0.1, 0.15) is 65.1 Å². The molecule has 4 heteroatoms. The molecule has 1 heterocycles. The van der Waals surface area contributed by atoms with Gasteiger partial charge in [0.1, 0.15) is 11.6 Å². The van der Waals surface area contributed by atoms with Crippen LogP contribution in [0.4, 0.5) is 4.39 Å². The van der Waals surface area contributed by atoms with Gasteiger partial charge in [0.05, 0.1) is 18.4 Å². The molecule has 26 heavy (non-hydrogen) atoms. The molecule has 1 aromatic heterocycles. The molecule has 1 fully saturated rings. The summed E-state index contributed by atoms with van der Waals surface area (Å²) >= 11 is 0. The first-order valence-corrected chi connectivity index (χ1v) is 9.47. The minimum absolute atomic E-state index is 0.253. The summed E-state index contributed by atoms with van der Waals surface area (Å²) in [6.45, 7) is 13.6. The lowest BCUT2D eigenvalue weighted by Gasteiger charge is -2.15. The number of ether oxygens (including phenoxy) is 1. The van der Waals surface area contributed by atoms with Crippen LogP contribution in [0.2, 0.25) is 0 Å². The van der Waals surface area contributed by atoms with Crippen molar-refractivity contribution in [2.24, 2.45) is 16.7 Å². The Morgan fingerprint density at radius 1 is 1.23 bits per heavy atom. The number of nitrogens with zero attached hydrogens (tertiary/aromatic N) is 1. The number of aromatic nitrogens is 1. The van der Waals surface area contributed by atoms with Crippen molar-refractivity contribution in [2.45, 2.75) is 60.3 Å². The maximum Gasteiger partial charge on any atom is 0.173 e. The molecule has 142 valence electrons. The quantitative estimate of drug-likeness (QED) is 0.613. The van der Waals surface area contributed by atoms with E-state index in [4.69, 9.17) is 9.26 Å². The molecule has 1 unspecified atom stereocenters. The van der Waals surface area contributed by atoms with Gasteiger partial charge in [-0.2, -0.15) is 0 Å². The Kier molecular flexibility index (Phi) is 4.66. The Bertz CT molecular complexity index is 792. The molecule has 3 rings (SSSR count). The van der Waals surface area contributed by atoms with E-state index in [0.717, 1.165) is 24.1 Å². The van der Waals surface area contributed by atoms with Crippen LogP contribution in [0.5, 0.6) is 5.75 Å². The van der Waals surface area contributed by atoms with Crippen molar-refractivity contribution in [1.82, 2.24) is 5.16 Å². The molecule has 0 radical (unpaired) electrons. The molecular formula is C22H30FNO2. The summed E-state index contributed by atoms with van der Waals surface area (Å²) in [4.78, 5) is 0. The highest BCUT2D eigenvalue weighted by Gasteiger charge is 2.64. The van der Waals surface area contributed by atoms with E-state index in [0.29, 0.717) is 33.8 Å². The third-order valence-electron chi connectivity index (χ3n) is 6.96. The zero-order valence-corrected chi connectivity index (χ0v) is 16.9. The average Bonchev–Trinajstić information content (AvgIpc) is 2.94. The molecule has 0 saturated heterocycles. The largest absolute Gasteiger partial charge is 0.497 e. The molecule has 1 aliphatic carbocycles. The molecule has 1 aromatic carbocycles.